The SMILES string of the molecule is Cc1nc(Cl)nc(N2CCCN(C)C(=O)C2)c1N. The van der Waals surface area contributed by atoms with E-state index in [1.807, 2.05) is 4.90 Å². The molecule has 2 N–H and O–H groups in total. The van der Waals surface area contributed by atoms with E-state index in [4.69, 9.17) is 17.3 Å². The molecule has 1 fully saturated rings. The molecule has 0 radical (unpaired) electrons. The van der Waals surface area contributed by atoms with Crippen LogP contribution in [0.15, 0.2) is 0 Å². The van der Waals surface area contributed by atoms with Crippen molar-refractivity contribution >= 4 is 29.0 Å². The molecule has 98 valence electrons. The van der Waals surface area contributed by atoms with Gasteiger partial charge in [-0.15, -0.1) is 0 Å². The standard InChI is InChI=1S/C11H16ClN5O/c1-7-9(13)10(15-11(12)14-7)17-5-3-4-16(2)8(18)6-17/h3-6,13H2,1-2H3. The van der Waals surface area contributed by atoms with Gasteiger partial charge in [-0.05, 0) is 24.9 Å². The minimum Gasteiger partial charge on any atom is -0.394 e. The topological polar surface area (TPSA) is 75.4 Å². The quantitative estimate of drug-likeness (QED) is 0.759. The summed E-state index contributed by atoms with van der Waals surface area (Å²) in [6.45, 7) is 3.52. The molecule has 1 amide bonds. The van der Waals surface area contributed by atoms with Crippen molar-refractivity contribution in [3.8, 4) is 0 Å². The zero-order valence-electron chi connectivity index (χ0n) is 10.5. The van der Waals surface area contributed by atoms with E-state index in [1.165, 1.54) is 0 Å². The van der Waals surface area contributed by atoms with Crippen LogP contribution in [0.2, 0.25) is 5.28 Å². The number of likely N-dealkylation sites (N-methyl/N-ethyl adjacent to an activating group) is 1. The molecule has 0 unspecified atom stereocenters. The first kappa shape index (κ1) is 12.9. The van der Waals surface area contributed by atoms with Gasteiger partial charge in [-0.25, -0.2) is 4.98 Å². The lowest BCUT2D eigenvalue weighted by molar-refractivity contribution is -0.127. The lowest BCUT2D eigenvalue weighted by atomic mass is 10.3. The second kappa shape index (κ2) is 4.97. The summed E-state index contributed by atoms with van der Waals surface area (Å²) < 4.78 is 0. The van der Waals surface area contributed by atoms with Gasteiger partial charge in [-0.3, -0.25) is 4.79 Å². The third kappa shape index (κ3) is 2.48. The minimum absolute atomic E-state index is 0.0549. The number of nitrogen functional groups attached to an aromatic ring is 1. The van der Waals surface area contributed by atoms with Crippen molar-refractivity contribution < 1.29 is 4.79 Å². The Morgan fingerprint density at radius 3 is 2.78 bits per heavy atom. The Morgan fingerprint density at radius 2 is 2.06 bits per heavy atom. The number of carbonyl (C=O) groups excluding carboxylic acids is 1. The number of aromatic nitrogens is 2. The van der Waals surface area contributed by atoms with E-state index < -0.39 is 0 Å². The molecule has 1 saturated heterocycles. The van der Waals surface area contributed by atoms with Crippen molar-refractivity contribution in [3.05, 3.63) is 11.0 Å². The van der Waals surface area contributed by atoms with Crippen LogP contribution < -0.4 is 10.6 Å². The minimum atomic E-state index is 0.0549. The van der Waals surface area contributed by atoms with Gasteiger partial charge in [-0.1, -0.05) is 0 Å². The lowest BCUT2D eigenvalue weighted by Gasteiger charge is -2.22. The second-order valence-corrected chi connectivity index (χ2v) is 4.74. The third-order valence-electron chi connectivity index (χ3n) is 3.06. The maximum atomic E-state index is 11.8. The summed E-state index contributed by atoms with van der Waals surface area (Å²) in [5, 5.41) is 0.154. The molecule has 0 aliphatic carbocycles. The molecule has 0 aromatic carbocycles. The van der Waals surface area contributed by atoms with Crippen LogP contribution in [-0.2, 0) is 4.79 Å². The number of nitrogens with two attached hydrogens (primary N) is 1. The number of hydrogen-bond donors (Lipinski definition) is 1. The van der Waals surface area contributed by atoms with Crippen LogP contribution >= 0.6 is 11.6 Å². The lowest BCUT2D eigenvalue weighted by Crippen LogP contribution is -2.35. The maximum absolute atomic E-state index is 11.8. The van der Waals surface area contributed by atoms with Gasteiger partial charge in [-0.2, -0.15) is 4.98 Å². The third-order valence-corrected chi connectivity index (χ3v) is 3.23. The van der Waals surface area contributed by atoms with E-state index >= 15 is 0 Å². The summed E-state index contributed by atoms with van der Waals surface area (Å²) >= 11 is 5.85. The molecule has 0 atom stereocenters. The molecule has 1 aromatic heterocycles. The number of halogens is 1. The van der Waals surface area contributed by atoms with Gasteiger partial charge in [0.2, 0.25) is 11.2 Å². The predicted octanol–water partition coefficient (Wildman–Crippen LogP) is 0.689. The van der Waals surface area contributed by atoms with Crippen LogP contribution in [0.3, 0.4) is 0 Å². The molecule has 1 aliphatic rings. The normalized spacial score (nSPS) is 16.9. The Balaban J connectivity index is 2.33. The first-order chi connectivity index (χ1) is 8.49. The fraction of sp³-hybridized carbons (Fsp3) is 0.545. The molecule has 7 heteroatoms. The van der Waals surface area contributed by atoms with Crippen LogP contribution in [0.4, 0.5) is 11.5 Å². The van der Waals surface area contributed by atoms with E-state index in [1.54, 1.807) is 18.9 Å². The highest BCUT2D eigenvalue weighted by atomic mass is 35.5. The smallest absolute Gasteiger partial charge is 0.241 e. The number of anilines is 2. The maximum Gasteiger partial charge on any atom is 0.241 e. The Hall–Kier alpha value is -1.56. The van der Waals surface area contributed by atoms with E-state index in [9.17, 15) is 4.79 Å². The highest BCUT2D eigenvalue weighted by molar-refractivity contribution is 6.28. The molecular weight excluding hydrogens is 254 g/mol. The molecule has 6 nitrogen and oxygen atoms in total. The van der Waals surface area contributed by atoms with E-state index in [0.29, 0.717) is 17.2 Å². The van der Waals surface area contributed by atoms with Crippen LogP contribution in [-0.4, -0.2) is 47.5 Å². The van der Waals surface area contributed by atoms with Crippen LogP contribution in [0.5, 0.6) is 0 Å². The van der Waals surface area contributed by atoms with Gasteiger partial charge >= 0.3 is 0 Å². The zero-order valence-corrected chi connectivity index (χ0v) is 11.2. The van der Waals surface area contributed by atoms with Crippen LogP contribution in [0.25, 0.3) is 0 Å². The van der Waals surface area contributed by atoms with Crippen molar-refractivity contribution in [2.75, 3.05) is 37.3 Å². The van der Waals surface area contributed by atoms with Crippen molar-refractivity contribution in [1.82, 2.24) is 14.9 Å². The summed E-state index contributed by atoms with van der Waals surface area (Å²) in [5.41, 5.74) is 7.08. The van der Waals surface area contributed by atoms with Gasteiger partial charge in [0.25, 0.3) is 0 Å². The molecule has 0 spiro atoms. The summed E-state index contributed by atoms with van der Waals surface area (Å²) in [5.74, 6) is 0.607. The average Bonchev–Trinajstić information content (AvgIpc) is 2.47. The number of aryl methyl sites for hydroxylation is 1. The van der Waals surface area contributed by atoms with Gasteiger partial charge in [0.15, 0.2) is 5.82 Å². The molecule has 0 bridgehead atoms. The number of amides is 1. The second-order valence-electron chi connectivity index (χ2n) is 4.41. The average molecular weight is 270 g/mol. The van der Waals surface area contributed by atoms with Crippen molar-refractivity contribution in [3.63, 3.8) is 0 Å². The van der Waals surface area contributed by atoms with Gasteiger partial charge in [0.05, 0.1) is 17.9 Å². The van der Waals surface area contributed by atoms with Crippen molar-refractivity contribution in [1.29, 1.82) is 0 Å². The molecule has 1 aliphatic heterocycles. The van der Waals surface area contributed by atoms with E-state index in [-0.39, 0.29) is 17.7 Å². The van der Waals surface area contributed by atoms with Crippen molar-refractivity contribution in [2.45, 2.75) is 13.3 Å². The largest absolute Gasteiger partial charge is 0.394 e. The molecule has 2 heterocycles. The first-order valence-corrected chi connectivity index (χ1v) is 6.15. The van der Waals surface area contributed by atoms with Crippen molar-refractivity contribution in [2.24, 2.45) is 0 Å². The first-order valence-electron chi connectivity index (χ1n) is 5.77. The highest BCUT2D eigenvalue weighted by Gasteiger charge is 2.22. The fourth-order valence-corrected chi connectivity index (χ4v) is 2.15. The molecular formula is C11H16ClN5O. The Morgan fingerprint density at radius 1 is 1.33 bits per heavy atom. The molecule has 1 aromatic rings. The monoisotopic (exact) mass is 269 g/mol. The molecule has 2 rings (SSSR count). The molecule has 18 heavy (non-hydrogen) atoms. The summed E-state index contributed by atoms with van der Waals surface area (Å²) in [6.07, 6.45) is 0.877. The van der Waals surface area contributed by atoms with E-state index in [2.05, 4.69) is 9.97 Å². The Bertz CT molecular complexity index is 479. The molecule has 0 saturated carbocycles. The number of nitrogens with zero attached hydrogens (tertiary/aromatic N) is 4. The Kier molecular flexibility index (Phi) is 3.56. The van der Waals surface area contributed by atoms with Gasteiger partial charge < -0.3 is 15.5 Å². The van der Waals surface area contributed by atoms with Gasteiger partial charge in [0, 0.05) is 20.1 Å². The number of hydrogen-bond acceptors (Lipinski definition) is 5. The number of carbonyl (C=O) groups is 1. The summed E-state index contributed by atoms with van der Waals surface area (Å²) in [7, 11) is 1.80. The predicted molar refractivity (Wildman–Crippen MR) is 70.7 cm³/mol. The Labute approximate surface area is 111 Å². The summed E-state index contributed by atoms with van der Waals surface area (Å²) in [6, 6.07) is 0. The number of rotatable bonds is 1. The zero-order chi connectivity index (χ0) is 13.3. The van der Waals surface area contributed by atoms with Crippen LogP contribution in [0, 0.1) is 6.92 Å². The van der Waals surface area contributed by atoms with E-state index in [0.717, 1.165) is 19.5 Å². The fourth-order valence-electron chi connectivity index (χ4n) is 1.94. The summed E-state index contributed by atoms with van der Waals surface area (Å²) in [4.78, 5) is 23.6. The highest BCUT2D eigenvalue weighted by Crippen LogP contribution is 2.25. The van der Waals surface area contributed by atoms with Crippen LogP contribution in [0.1, 0.15) is 12.1 Å². The van der Waals surface area contributed by atoms with Gasteiger partial charge in [0.1, 0.15) is 0 Å².